The van der Waals surface area contributed by atoms with Crippen LogP contribution in [0.5, 0.6) is 0 Å². The van der Waals surface area contributed by atoms with Crippen molar-refractivity contribution < 1.29 is 23.9 Å². The number of carbonyl (C=O) groups excluding carboxylic acids is 4. The summed E-state index contributed by atoms with van der Waals surface area (Å²) in [6, 6.07) is 11.2. The second-order valence-corrected chi connectivity index (χ2v) is 8.37. The lowest BCUT2D eigenvalue weighted by atomic mass is 10.1. The number of para-hydroxylation sites is 1. The van der Waals surface area contributed by atoms with Gasteiger partial charge >= 0.3 is 6.03 Å². The van der Waals surface area contributed by atoms with E-state index in [1.54, 1.807) is 36.9 Å². The van der Waals surface area contributed by atoms with Crippen LogP contribution in [0.4, 0.5) is 10.5 Å². The van der Waals surface area contributed by atoms with Crippen molar-refractivity contribution >= 4 is 58.0 Å². The number of nitrogens with one attached hydrogen (secondary N) is 2. The molecule has 10 heteroatoms. The number of urea groups is 1. The Balaban J connectivity index is 1.70. The van der Waals surface area contributed by atoms with E-state index in [-0.39, 0.29) is 23.7 Å². The standard InChI is InChI=1S/C25H23ClN4O5/c1-15-7-8-17(12-20(15)26)30-24(33)19(23(32)28-25(30)34)11-16-13-29(14-22(31)27-9-10-35-2)21-6-4-3-5-18(16)21/h3-8,11-13H,9-10,14H2,1-2H3,(H,27,31)(H,28,32,34)/b19-11+. The number of benzene rings is 2. The highest BCUT2D eigenvalue weighted by Crippen LogP contribution is 2.28. The number of ether oxygens (including phenoxy) is 1. The average Bonchev–Trinajstić information content (AvgIpc) is 3.16. The number of halogens is 1. The minimum Gasteiger partial charge on any atom is -0.383 e. The lowest BCUT2D eigenvalue weighted by Gasteiger charge is -2.26. The predicted octanol–water partition coefficient (Wildman–Crippen LogP) is 3.03. The summed E-state index contributed by atoms with van der Waals surface area (Å²) in [7, 11) is 1.55. The normalized spacial score (nSPS) is 15.1. The Morgan fingerprint density at radius 2 is 1.94 bits per heavy atom. The summed E-state index contributed by atoms with van der Waals surface area (Å²) < 4.78 is 6.68. The van der Waals surface area contributed by atoms with Crippen molar-refractivity contribution in [2.24, 2.45) is 0 Å². The van der Waals surface area contributed by atoms with Gasteiger partial charge in [-0.1, -0.05) is 35.9 Å². The summed E-state index contributed by atoms with van der Waals surface area (Å²) in [6.07, 6.45) is 3.12. The second-order valence-electron chi connectivity index (χ2n) is 7.96. The van der Waals surface area contributed by atoms with E-state index in [1.165, 1.54) is 12.1 Å². The first-order chi connectivity index (χ1) is 16.8. The summed E-state index contributed by atoms with van der Waals surface area (Å²) >= 11 is 6.18. The molecular formula is C25H23ClN4O5. The van der Waals surface area contributed by atoms with Crippen LogP contribution >= 0.6 is 11.6 Å². The molecule has 1 saturated heterocycles. The zero-order valence-corrected chi connectivity index (χ0v) is 19.9. The Hall–Kier alpha value is -3.95. The summed E-state index contributed by atoms with van der Waals surface area (Å²) in [4.78, 5) is 51.6. The maximum atomic E-state index is 13.3. The quantitative estimate of drug-likeness (QED) is 0.298. The molecular weight excluding hydrogens is 472 g/mol. The van der Waals surface area contributed by atoms with Crippen LogP contribution in [0.25, 0.3) is 17.0 Å². The van der Waals surface area contributed by atoms with Gasteiger partial charge in [-0.2, -0.15) is 0 Å². The van der Waals surface area contributed by atoms with Crippen LogP contribution in [0.3, 0.4) is 0 Å². The molecule has 1 fully saturated rings. The molecule has 9 nitrogen and oxygen atoms in total. The predicted molar refractivity (Wildman–Crippen MR) is 132 cm³/mol. The molecule has 2 heterocycles. The fourth-order valence-corrected chi connectivity index (χ4v) is 3.97. The number of fused-ring (bicyclic) bond motifs is 1. The molecule has 0 unspecified atom stereocenters. The molecule has 0 spiro atoms. The zero-order chi connectivity index (χ0) is 25.1. The molecule has 0 bridgehead atoms. The lowest BCUT2D eigenvalue weighted by molar-refractivity contribution is -0.123. The van der Waals surface area contributed by atoms with Gasteiger partial charge in [-0.05, 0) is 36.8 Å². The van der Waals surface area contributed by atoms with E-state index in [1.807, 2.05) is 24.3 Å². The van der Waals surface area contributed by atoms with Gasteiger partial charge in [0.2, 0.25) is 5.91 Å². The maximum Gasteiger partial charge on any atom is 0.335 e. The van der Waals surface area contributed by atoms with Crippen LogP contribution in [-0.2, 0) is 25.7 Å². The second kappa shape index (κ2) is 10.1. The summed E-state index contributed by atoms with van der Waals surface area (Å²) in [5, 5.41) is 6.11. The topological polar surface area (TPSA) is 110 Å². The van der Waals surface area contributed by atoms with Crippen LogP contribution in [0.15, 0.2) is 54.2 Å². The van der Waals surface area contributed by atoms with Crippen molar-refractivity contribution in [3.63, 3.8) is 0 Å². The first-order valence-electron chi connectivity index (χ1n) is 10.8. The minimum absolute atomic E-state index is 0.0417. The van der Waals surface area contributed by atoms with Gasteiger partial charge in [-0.25, -0.2) is 9.69 Å². The van der Waals surface area contributed by atoms with Gasteiger partial charge in [0.15, 0.2) is 0 Å². The number of hydrogen-bond donors (Lipinski definition) is 2. The monoisotopic (exact) mass is 494 g/mol. The van der Waals surface area contributed by atoms with Gasteiger partial charge in [0.25, 0.3) is 11.8 Å². The minimum atomic E-state index is -0.854. The highest BCUT2D eigenvalue weighted by molar-refractivity contribution is 6.39. The molecule has 1 aliphatic heterocycles. The Kier molecular flexibility index (Phi) is 6.99. The number of hydrogen-bond acceptors (Lipinski definition) is 5. The molecule has 1 aliphatic rings. The van der Waals surface area contributed by atoms with Gasteiger partial charge in [-0.3, -0.25) is 19.7 Å². The van der Waals surface area contributed by atoms with Crippen molar-refractivity contribution in [1.29, 1.82) is 0 Å². The third-order valence-electron chi connectivity index (χ3n) is 5.58. The molecule has 4 rings (SSSR count). The smallest absolute Gasteiger partial charge is 0.335 e. The van der Waals surface area contributed by atoms with Crippen molar-refractivity contribution in [1.82, 2.24) is 15.2 Å². The van der Waals surface area contributed by atoms with E-state index in [9.17, 15) is 19.2 Å². The molecule has 2 N–H and O–H groups in total. The third kappa shape index (κ3) is 4.96. The van der Waals surface area contributed by atoms with Crippen LogP contribution in [0, 0.1) is 6.92 Å². The highest BCUT2D eigenvalue weighted by atomic mass is 35.5. The first-order valence-corrected chi connectivity index (χ1v) is 11.2. The van der Waals surface area contributed by atoms with Crippen molar-refractivity contribution in [2.45, 2.75) is 13.5 Å². The molecule has 3 aromatic rings. The van der Waals surface area contributed by atoms with Crippen molar-refractivity contribution in [3.05, 3.63) is 70.4 Å². The fourth-order valence-electron chi connectivity index (χ4n) is 3.79. The molecule has 0 aliphatic carbocycles. The molecule has 0 radical (unpaired) electrons. The van der Waals surface area contributed by atoms with E-state index in [0.29, 0.717) is 23.7 Å². The van der Waals surface area contributed by atoms with Crippen molar-refractivity contribution in [2.75, 3.05) is 25.2 Å². The average molecular weight is 495 g/mol. The third-order valence-corrected chi connectivity index (χ3v) is 5.98. The summed E-state index contributed by atoms with van der Waals surface area (Å²) in [5.74, 6) is -1.78. The number of rotatable bonds is 7. The number of aromatic nitrogens is 1. The Bertz CT molecular complexity index is 1380. The van der Waals surface area contributed by atoms with E-state index in [2.05, 4.69) is 10.6 Å². The number of nitrogens with zero attached hydrogens (tertiary/aromatic N) is 2. The molecule has 5 amide bonds. The number of amides is 5. The van der Waals surface area contributed by atoms with Gasteiger partial charge in [0.05, 0.1) is 12.3 Å². The summed E-state index contributed by atoms with van der Waals surface area (Å²) in [6.45, 7) is 2.62. The Morgan fingerprint density at radius 3 is 2.69 bits per heavy atom. The number of barbiturate groups is 1. The SMILES string of the molecule is COCCNC(=O)Cn1cc(/C=C2\C(=O)NC(=O)N(c3ccc(C)c(Cl)c3)C2=O)c2ccccc21. The Labute approximate surface area is 206 Å². The molecule has 0 atom stereocenters. The van der Waals surface area contributed by atoms with Crippen LogP contribution in [0.2, 0.25) is 5.02 Å². The number of aryl methyl sites for hydroxylation is 1. The largest absolute Gasteiger partial charge is 0.383 e. The van der Waals surface area contributed by atoms with Gasteiger partial charge in [0.1, 0.15) is 12.1 Å². The summed E-state index contributed by atoms with van der Waals surface area (Å²) in [5.41, 5.74) is 2.12. The van der Waals surface area contributed by atoms with Crippen LogP contribution in [-0.4, -0.2) is 48.6 Å². The van der Waals surface area contributed by atoms with E-state index in [0.717, 1.165) is 21.4 Å². The van der Waals surface area contributed by atoms with E-state index >= 15 is 0 Å². The van der Waals surface area contributed by atoms with Gasteiger partial charge in [-0.15, -0.1) is 0 Å². The number of methoxy groups -OCH3 is 1. The van der Waals surface area contributed by atoms with Gasteiger partial charge in [0, 0.05) is 41.3 Å². The zero-order valence-electron chi connectivity index (χ0n) is 19.1. The molecule has 2 aromatic carbocycles. The fraction of sp³-hybridized carbons (Fsp3) is 0.200. The van der Waals surface area contributed by atoms with Crippen molar-refractivity contribution in [3.8, 4) is 0 Å². The molecule has 180 valence electrons. The van der Waals surface area contributed by atoms with Crippen LogP contribution in [0.1, 0.15) is 11.1 Å². The number of imide groups is 2. The number of anilines is 1. The molecule has 1 aromatic heterocycles. The molecule has 0 saturated carbocycles. The Morgan fingerprint density at radius 1 is 1.17 bits per heavy atom. The first kappa shape index (κ1) is 24.2. The van der Waals surface area contributed by atoms with E-state index in [4.69, 9.17) is 16.3 Å². The van der Waals surface area contributed by atoms with Gasteiger partial charge < -0.3 is 14.6 Å². The molecule has 35 heavy (non-hydrogen) atoms. The van der Waals surface area contributed by atoms with E-state index < -0.39 is 17.8 Å². The number of carbonyl (C=O) groups is 4. The maximum absolute atomic E-state index is 13.3. The lowest BCUT2D eigenvalue weighted by Crippen LogP contribution is -2.54. The highest BCUT2D eigenvalue weighted by Gasteiger charge is 2.37. The van der Waals surface area contributed by atoms with Crippen LogP contribution < -0.4 is 15.5 Å².